The monoisotopic (exact) mass is 215 g/mol. The second-order valence-electron chi connectivity index (χ2n) is 2.89. The normalized spacial score (nSPS) is 10.0. The second kappa shape index (κ2) is 5.08. The highest BCUT2D eigenvalue weighted by molar-refractivity contribution is 6.32. The van der Waals surface area contributed by atoms with Crippen LogP contribution in [0.5, 0.6) is 5.75 Å². The third-order valence-corrected chi connectivity index (χ3v) is 2.16. The van der Waals surface area contributed by atoms with Crippen LogP contribution in [0.15, 0.2) is 18.2 Å². The van der Waals surface area contributed by atoms with Crippen LogP contribution in [0.1, 0.15) is 6.92 Å². The summed E-state index contributed by atoms with van der Waals surface area (Å²) < 4.78 is 5.29. The molecule has 0 unspecified atom stereocenters. The highest BCUT2D eigenvalue weighted by Crippen LogP contribution is 2.28. The predicted octanol–water partition coefficient (Wildman–Crippen LogP) is 2.12. The van der Waals surface area contributed by atoms with Crippen molar-refractivity contribution in [2.75, 3.05) is 25.3 Å². The average Bonchev–Trinajstić information content (AvgIpc) is 2.20. The summed E-state index contributed by atoms with van der Waals surface area (Å²) in [5.41, 5.74) is 0.862. The molecule has 0 heterocycles. The molecule has 0 fully saturated rings. The largest absolute Gasteiger partial charge is 0.492 e. The third kappa shape index (κ3) is 2.53. The van der Waals surface area contributed by atoms with E-state index in [1.54, 1.807) is 24.1 Å². The van der Waals surface area contributed by atoms with Crippen LogP contribution in [0.3, 0.4) is 0 Å². The lowest BCUT2D eigenvalue weighted by atomic mass is 10.3. The second-order valence-corrected chi connectivity index (χ2v) is 3.29. The number of anilines is 1. The Hall–Kier alpha value is -0.930. The van der Waals surface area contributed by atoms with E-state index in [0.717, 1.165) is 5.69 Å². The number of halogens is 1. The molecule has 0 aromatic heterocycles. The maximum Gasteiger partial charge on any atom is 0.138 e. The van der Waals surface area contributed by atoms with Crippen LogP contribution in [-0.2, 0) is 0 Å². The Labute approximate surface area is 88.9 Å². The van der Waals surface area contributed by atoms with Gasteiger partial charge in [0.1, 0.15) is 12.5 Å². The van der Waals surface area contributed by atoms with Crippen LogP contribution in [-0.4, -0.2) is 25.5 Å². The number of ether oxygens (including phenoxy) is 1. The van der Waals surface area contributed by atoms with Gasteiger partial charge in [0, 0.05) is 12.7 Å². The topological polar surface area (TPSA) is 32.7 Å². The van der Waals surface area contributed by atoms with Crippen LogP contribution < -0.4 is 9.64 Å². The molecule has 1 aromatic rings. The quantitative estimate of drug-likeness (QED) is 0.782. The lowest BCUT2D eigenvalue weighted by Gasteiger charge is -2.16. The highest BCUT2D eigenvalue weighted by atomic mass is 35.5. The molecule has 4 heteroatoms. The van der Waals surface area contributed by atoms with Gasteiger partial charge in [0.05, 0.1) is 11.6 Å². The van der Waals surface area contributed by atoms with Gasteiger partial charge in [0.25, 0.3) is 0 Å². The first kappa shape index (κ1) is 11.1. The molecule has 1 aromatic carbocycles. The Morgan fingerprint density at radius 3 is 2.71 bits per heavy atom. The van der Waals surface area contributed by atoms with Crippen molar-refractivity contribution in [3.05, 3.63) is 23.2 Å². The van der Waals surface area contributed by atoms with Crippen molar-refractivity contribution < 1.29 is 9.84 Å². The molecule has 78 valence electrons. The van der Waals surface area contributed by atoms with E-state index in [1.807, 2.05) is 13.0 Å². The first-order valence-corrected chi connectivity index (χ1v) is 4.81. The van der Waals surface area contributed by atoms with Crippen LogP contribution in [0.2, 0.25) is 5.02 Å². The Balaban J connectivity index is 2.88. The van der Waals surface area contributed by atoms with Crippen molar-refractivity contribution in [2.24, 2.45) is 0 Å². The summed E-state index contributed by atoms with van der Waals surface area (Å²) in [5.74, 6) is 0.671. The van der Waals surface area contributed by atoms with E-state index >= 15 is 0 Å². The average molecular weight is 216 g/mol. The van der Waals surface area contributed by atoms with Gasteiger partial charge >= 0.3 is 0 Å². The van der Waals surface area contributed by atoms with Crippen molar-refractivity contribution in [3.8, 4) is 5.75 Å². The van der Waals surface area contributed by atoms with Gasteiger partial charge < -0.3 is 14.7 Å². The maximum absolute atomic E-state index is 8.90. The van der Waals surface area contributed by atoms with E-state index in [9.17, 15) is 0 Å². The fraction of sp³-hybridized carbons (Fsp3) is 0.400. The fourth-order valence-corrected chi connectivity index (χ4v) is 1.31. The molecule has 0 aliphatic rings. The number of hydrogen-bond acceptors (Lipinski definition) is 3. The van der Waals surface area contributed by atoms with Gasteiger partial charge in [-0.05, 0) is 25.1 Å². The Kier molecular flexibility index (Phi) is 4.04. The minimum atomic E-state index is -0.0374. The molecule has 0 aliphatic carbocycles. The fourth-order valence-electron chi connectivity index (χ4n) is 1.08. The van der Waals surface area contributed by atoms with E-state index in [0.29, 0.717) is 17.4 Å². The van der Waals surface area contributed by atoms with Crippen molar-refractivity contribution in [3.63, 3.8) is 0 Å². The Morgan fingerprint density at radius 2 is 2.21 bits per heavy atom. The number of aliphatic hydroxyl groups excluding tert-OH is 1. The molecule has 0 spiro atoms. The number of aliphatic hydroxyl groups is 1. The maximum atomic E-state index is 8.90. The minimum Gasteiger partial charge on any atom is -0.492 e. The van der Waals surface area contributed by atoms with Gasteiger partial charge in [-0.3, -0.25) is 0 Å². The lowest BCUT2D eigenvalue weighted by molar-refractivity contribution is 0.298. The summed E-state index contributed by atoms with van der Waals surface area (Å²) in [7, 11) is 1.78. The molecule has 0 saturated heterocycles. The van der Waals surface area contributed by atoms with Crippen LogP contribution >= 0.6 is 11.6 Å². The molecule has 1 N–H and O–H groups in total. The first-order chi connectivity index (χ1) is 6.69. The van der Waals surface area contributed by atoms with Gasteiger partial charge in [-0.2, -0.15) is 0 Å². The zero-order chi connectivity index (χ0) is 10.6. The van der Waals surface area contributed by atoms with Crippen LogP contribution in [0, 0.1) is 0 Å². The summed E-state index contributed by atoms with van der Waals surface area (Å²) in [6.07, 6.45) is 0. The van der Waals surface area contributed by atoms with E-state index < -0.39 is 0 Å². The smallest absolute Gasteiger partial charge is 0.138 e. The van der Waals surface area contributed by atoms with Gasteiger partial charge in [-0.1, -0.05) is 11.6 Å². The molecular weight excluding hydrogens is 202 g/mol. The Bertz CT molecular complexity index is 304. The zero-order valence-corrected chi connectivity index (χ0v) is 9.08. The summed E-state index contributed by atoms with van der Waals surface area (Å²) in [4.78, 5) is 1.68. The first-order valence-electron chi connectivity index (χ1n) is 4.43. The van der Waals surface area contributed by atoms with Crippen molar-refractivity contribution >= 4 is 17.3 Å². The van der Waals surface area contributed by atoms with Crippen molar-refractivity contribution in [2.45, 2.75) is 6.92 Å². The van der Waals surface area contributed by atoms with E-state index in [-0.39, 0.29) is 6.73 Å². The number of benzene rings is 1. The standard InChI is InChI=1S/C10H14ClNO2/c1-3-14-10-5-4-8(6-9(10)11)12(2)7-13/h4-6,13H,3,7H2,1-2H3. The molecule has 14 heavy (non-hydrogen) atoms. The molecule has 0 saturated carbocycles. The SMILES string of the molecule is CCOc1ccc(N(C)CO)cc1Cl. The van der Waals surface area contributed by atoms with Crippen molar-refractivity contribution in [1.29, 1.82) is 0 Å². The third-order valence-electron chi connectivity index (χ3n) is 1.87. The molecule has 0 bridgehead atoms. The molecule has 0 aliphatic heterocycles. The van der Waals surface area contributed by atoms with E-state index in [4.69, 9.17) is 21.4 Å². The van der Waals surface area contributed by atoms with Crippen molar-refractivity contribution in [1.82, 2.24) is 0 Å². The summed E-state index contributed by atoms with van der Waals surface area (Å²) in [6.45, 7) is 2.46. The number of hydrogen-bond donors (Lipinski definition) is 1. The zero-order valence-electron chi connectivity index (χ0n) is 8.33. The summed E-state index contributed by atoms with van der Waals surface area (Å²) in [5, 5.41) is 9.46. The summed E-state index contributed by atoms with van der Waals surface area (Å²) >= 11 is 5.98. The molecule has 0 radical (unpaired) electrons. The number of rotatable bonds is 4. The van der Waals surface area contributed by atoms with Gasteiger partial charge in [-0.25, -0.2) is 0 Å². The summed E-state index contributed by atoms with van der Waals surface area (Å²) in [6, 6.07) is 5.42. The van der Waals surface area contributed by atoms with Gasteiger partial charge in [0.2, 0.25) is 0 Å². The van der Waals surface area contributed by atoms with Gasteiger partial charge in [0.15, 0.2) is 0 Å². The minimum absolute atomic E-state index is 0.0374. The highest BCUT2D eigenvalue weighted by Gasteiger charge is 2.04. The lowest BCUT2D eigenvalue weighted by Crippen LogP contribution is -2.17. The molecule has 0 amide bonds. The predicted molar refractivity (Wildman–Crippen MR) is 58.1 cm³/mol. The molecule has 3 nitrogen and oxygen atoms in total. The molecular formula is C10H14ClNO2. The number of nitrogens with zero attached hydrogens (tertiary/aromatic N) is 1. The van der Waals surface area contributed by atoms with Gasteiger partial charge in [-0.15, -0.1) is 0 Å². The van der Waals surface area contributed by atoms with Crippen LogP contribution in [0.4, 0.5) is 5.69 Å². The van der Waals surface area contributed by atoms with Crippen LogP contribution in [0.25, 0.3) is 0 Å². The van der Waals surface area contributed by atoms with E-state index in [2.05, 4.69) is 0 Å². The Morgan fingerprint density at radius 1 is 1.50 bits per heavy atom. The van der Waals surface area contributed by atoms with E-state index in [1.165, 1.54) is 0 Å². The molecule has 0 atom stereocenters. The molecule has 1 rings (SSSR count).